The molecule has 17 heavy (non-hydrogen) atoms. The summed E-state index contributed by atoms with van der Waals surface area (Å²) in [5.74, 6) is -1.88. The summed E-state index contributed by atoms with van der Waals surface area (Å²) in [5, 5.41) is 11.6. The second-order valence-corrected chi connectivity index (χ2v) is 3.66. The van der Waals surface area contributed by atoms with Crippen molar-refractivity contribution in [2.24, 2.45) is 5.92 Å². The molecule has 1 heterocycles. The summed E-state index contributed by atoms with van der Waals surface area (Å²) in [6.45, 7) is 3.72. The van der Waals surface area contributed by atoms with Gasteiger partial charge in [-0.05, 0) is 12.8 Å². The second-order valence-electron chi connectivity index (χ2n) is 3.66. The van der Waals surface area contributed by atoms with Gasteiger partial charge in [0.25, 0.3) is 0 Å². The Bertz CT molecular complexity index is 398. The lowest BCUT2D eigenvalue weighted by Crippen LogP contribution is -2.23. The first kappa shape index (κ1) is 13.3. The Kier molecular flexibility index (Phi) is 4.81. The molecule has 94 valence electrons. The summed E-state index contributed by atoms with van der Waals surface area (Å²) in [7, 11) is 0. The summed E-state index contributed by atoms with van der Waals surface area (Å²) in [4.78, 5) is 18.4. The number of nitrogens with one attached hydrogen (secondary N) is 1. The molecule has 0 aliphatic rings. The van der Waals surface area contributed by atoms with Crippen LogP contribution >= 0.6 is 0 Å². The van der Waals surface area contributed by atoms with Crippen molar-refractivity contribution in [1.29, 1.82) is 0 Å². The van der Waals surface area contributed by atoms with Gasteiger partial charge >= 0.3 is 5.97 Å². The average Bonchev–Trinajstić information content (AvgIpc) is 2.31. The van der Waals surface area contributed by atoms with Crippen LogP contribution in [0.4, 0.5) is 10.2 Å². The van der Waals surface area contributed by atoms with E-state index < -0.39 is 17.7 Å². The number of carboxylic acids is 1. The summed E-state index contributed by atoms with van der Waals surface area (Å²) >= 11 is 0. The van der Waals surface area contributed by atoms with E-state index in [0.717, 1.165) is 0 Å². The highest BCUT2D eigenvalue weighted by atomic mass is 19.1. The molecule has 0 amide bonds. The SMILES string of the molecule is CCc1ncnc(NCC(CC)C(=O)O)c1F. The van der Waals surface area contributed by atoms with E-state index in [0.29, 0.717) is 18.5 Å². The van der Waals surface area contributed by atoms with Crippen molar-refractivity contribution in [1.82, 2.24) is 9.97 Å². The molecule has 0 aliphatic carbocycles. The molecule has 0 bridgehead atoms. The van der Waals surface area contributed by atoms with Crippen molar-refractivity contribution in [2.45, 2.75) is 26.7 Å². The van der Waals surface area contributed by atoms with Crippen LogP contribution in [-0.4, -0.2) is 27.6 Å². The third-order valence-electron chi connectivity index (χ3n) is 2.55. The fourth-order valence-electron chi connectivity index (χ4n) is 1.40. The molecule has 6 heteroatoms. The molecule has 0 fully saturated rings. The van der Waals surface area contributed by atoms with E-state index in [-0.39, 0.29) is 12.4 Å². The molecule has 0 saturated carbocycles. The van der Waals surface area contributed by atoms with Crippen LogP contribution in [0.3, 0.4) is 0 Å². The third kappa shape index (κ3) is 3.37. The maximum atomic E-state index is 13.7. The van der Waals surface area contributed by atoms with Crippen molar-refractivity contribution in [3.8, 4) is 0 Å². The Morgan fingerprint density at radius 3 is 2.76 bits per heavy atom. The maximum Gasteiger partial charge on any atom is 0.308 e. The van der Waals surface area contributed by atoms with Crippen molar-refractivity contribution in [3.63, 3.8) is 0 Å². The predicted molar refractivity (Wildman–Crippen MR) is 61.3 cm³/mol. The van der Waals surface area contributed by atoms with Crippen LogP contribution < -0.4 is 5.32 Å². The first-order chi connectivity index (χ1) is 8.10. The Morgan fingerprint density at radius 1 is 1.53 bits per heavy atom. The number of rotatable bonds is 6. The van der Waals surface area contributed by atoms with Crippen molar-refractivity contribution < 1.29 is 14.3 Å². The molecule has 5 nitrogen and oxygen atoms in total. The molecule has 1 atom stereocenters. The van der Waals surface area contributed by atoms with Gasteiger partial charge in [-0.15, -0.1) is 0 Å². The molecule has 0 radical (unpaired) electrons. The Morgan fingerprint density at radius 2 is 2.24 bits per heavy atom. The van der Waals surface area contributed by atoms with Crippen LogP contribution in [-0.2, 0) is 11.2 Å². The van der Waals surface area contributed by atoms with E-state index in [1.807, 2.05) is 0 Å². The molecule has 1 unspecified atom stereocenters. The minimum atomic E-state index is -0.898. The van der Waals surface area contributed by atoms with Gasteiger partial charge in [0, 0.05) is 6.54 Å². The molecule has 1 rings (SSSR count). The van der Waals surface area contributed by atoms with Gasteiger partial charge in [-0.25, -0.2) is 14.4 Å². The Balaban J connectivity index is 2.72. The van der Waals surface area contributed by atoms with Gasteiger partial charge in [-0.3, -0.25) is 4.79 Å². The zero-order valence-corrected chi connectivity index (χ0v) is 9.90. The maximum absolute atomic E-state index is 13.7. The lowest BCUT2D eigenvalue weighted by molar-refractivity contribution is -0.141. The van der Waals surface area contributed by atoms with E-state index in [9.17, 15) is 9.18 Å². The molecule has 1 aromatic rings. The highest BCUT2D eigenvalue weighted by molar-refractivity contribution is 5.70. The standard InChI is InChI=1S/C11H16FN3O2/c1-3-7(11(16)17)5-13-10-9(12)8(4-2)14-6-15-10/h6-7H,3-5H2,1-2H3,(H,16,17)(H,13,14,15). The van der Waals surface area contributed by atoms with Gasteiger partial charge in [0.15, 0.2) is 11.6 Å². The lowest BCUT2D eigenvalue weighted by Gasteiger charge is -2.12. The van der Waals surface area contributed by atoms with E-state index in [2.05, 4.69) is 15.3 Å². The number of carbonyl (C=O) groups is 1. The van der Waals surface area contributed by atoms with Crippen LogP contribution in [0.1, 0.15) is 26.0 Å². The van der Waals surface area contributed by atoms with Crippen LogP contribution in [0.25, 0.3) is 0 Å². The first-order valence-corrected chi connectivity index (χ1v) is 5.56. The molecule has 1 aromatic heterocycles. The molecule has 2 N–H and O–H groups in total. The number of carboxylic acid groups (broad SMARTS) is 1. The second kappa shape index (κ2) is 6.12. The highest BCUT2D eigenvalue weighted by Crippen LogP contribution is 2.14. The third-order valence-corrected chi connectivity index (χ3v) is 2.55. The molecule has 0 saturated heterocycles. The van der Waals surface area contributed by atoms with Gasteiger partial charge < -0.3 is 10.4 Å². The van der Waals surface area contributed by atoms with E-state index in [1.54, 1.807) is 13.8 Å². The number of nitrogens with zero attached hydrogens (tertiary/aromatic N) is 2. The Labute approximate surface area is 99.1 Å². The number of aliphatic carboxylic acids is 1. The van der Waals surface area contributed by atoms with Crippen LogP contribution in [0, 0.1) is 11.7 Å². The number of halogens is 1. The van der Waals surface area contributed by atoms with Crippen molar-refractivity contribution >= 4 is 11.8 Å². The number of aryl methyl sites for hydroxylation is 1. The zero-order valence-electron chi connectivity index (χ0n) is 9.90. The molecule has 0 aliphatic heterocycles. The van der Waals surface area contributed by atoms with Gasteiger partial charge in [0.1, 0.15) is 6.33 Å². The first-order valence-electron chi connectivity index (χ1n) is 5.56. The fraction of sp³-hybridized carbons (Fsp3) is 0.545. The number of hydrogen-bond donors (Lipinski definition) is 2. The summed E-state index contributed by atoms with van der Waals surface area (Å²) in [5.41, 5.74) is 0.325. The molecular weight excluding hydrogens is 225 g/mol. The van der Waals surface area contributed by atoms with Crippen molar-refractivity contribution in [2.75, 3.05) is 11.9 Å². The summed E-state index contributed by atoms with van der Waals surface area (Å²) < 4.78 is 13.7. The van der Waals surface area contributed by atoms with Gasteiger partial charge in [-0.1, -0.05) is 13.8 Å². The van der Waals surface area contributed by atoms with E-state index in [1.165, 1.54) is 6.33 Å². The normalized spacial score (nSPS) is 12.2. The monoisotopic (exact) mass is 241 g/mol. The zero-order chi connectivity index (χ0) is 12.8. The lowest BCUT2D eigenvalue weighted by atomic mass is 10.1. The predicted octanol–water partition coefficient (Wildman–Crippen LogP) is 1.70. The fourth-order valence-corrected chi connectivity index (χ4v) is 1.40. The van der Waals surface area contributed by atoms with Crippen molar-refractivity contribution in [3.05, 3.63) is 17.8 Å². The summed E-state index contributed by atoms with van der Waals surface area (Å²) in [6.07, 6.45) is 2.22. The topological polar surface area (TPSA) is 75.1 Å². The van der Waals surface area contributed by atoms with E-state index >= 15 is 0 Å². The minimum absolute atomic E-state index is 0.0663. The summed E-state index contributed by atoms with van der Waals surface area (Å²) in [6, 6.07) is 0. The number of aromatic nitrogens is 2. The average molecular weight is 241 g/mol. The van der Waals surface area contributed by atoms with Crippen LogP contribution in [0.2, 0.25) is 0 Å². The quantitative estimate of drug-likeness (QED) is 0.792. The van der Waals surface area contributed by atoms with Gasteiger partial charge in [-0.2, -0.15) is 0 Å². The number of anilines is 1. The minimum Gasteiger partial charge on any atom is -0.481 e. The molecule has 0 spiro atoms. The molecular formula is C11H16FN3O2. The highest BCUT2D eigenvalue weighted by Gasteiger charge is 2.16. The number of hydrogen-bond acceptors (Lipinski definition) is 4. The van der Waals surface area contributed by atoms with Gasteiger partial charge in [0.05, 0.1) is 11.6 Å². The van der Waals surface area contributed by atoms with Crippen LogP contribution in [0.15, 0.2) is 6.33 Å². The smallest absolute Gasteiger partial charge is 0.308 e. The van der Waals surface area contributed by atoms with Gasteiger partial charge in [0.2, 0.25) is 0 Å². The Hall–Kier alpha value is -1.72. The van der Waals surface area contributed by atoms with E-state index in [4.69, 9.17) is 5.11 Å². The largest absolute Gasteiger partial charge is 0.481 e. The van der Waals surface area contributed by atoms with Crippen LogP contribution in [0.5, 0.6) is 0 Å². The molecule has 0 aromatic carbocycles.